The summed E-state index contributed by atoms with van der Waals surface area (Å²) in [4.78, 5) is 4.32. The van der Waals surface area contributed by atoms with E-state index < -0.39 is 0 Å². The van der Waals surface area contributed by atoms with Gasteiger partial charge in [-0.25, -0.2) is 4.98 Å². The van der Waals surface area contributed by atoms with Gasteiger partial charge < -0.3 is 5.73 Å². The summed E-state index contributed by atoms with van der Waals surface area (Å²) >= 11 is 0. The molecule has 0 fully saturated rings. The maximum Gasteiger partial charge on any atom is 0.131 e. The van der Waals surface area contributed by atoms with E-state index in [1.807, 2.05) is 19.1 Å². The van der Waals surface area contributed by atoms with Crippen molar-refractivity contribution in [3.05, 3.63) is 101 Å². The van der Waals surface area contributed by atoms with Crippen molar-refractivity contribution in [2.24, 2.45) is 0 Å². The molecule has 0 atom stereocenters. The molecule has 1 heterocycles. The van der Waals surface area contributed by atoms with Gasteiger partial charge in [-0.3, -0.25) is 0 Å². The lowest BCUT2D eigenvalue weighted by molar-refractivity contribution is 1.01. The van der Waals surface area contributed by atoms with Gasteiger partial charge in [0, 0.05) is 11.3 Å². The van der Waals surface area contributed by atoms with Crippen molar-refractivity contribution in [3.63, 3.8) is 0 Å². The number of pyridine rings is 1. The van der Waals surface area contributed by atoms with Crippen molar-refractivity contribution in [1.82, 2.24) is 4.98 Å². The zero-order chi connectivity index (χ0) is 17.6. The molecule has 0 bridgehead atoms. The first-order valence-corrected chi connectivity index (χ1v) is 8.65. The van der Waals surface area contributed by atoms with Crippen LogP contribution in [0.3, 0.4) is 0 Å². The molecule has 126 valence electrons. The van der Waals surface area contributed by atoms with E-state index in [4.69, 9.17) is 5.73 Å². The van der Waals surface area contributed by atoms with Gasteiger partial charge in [-0.2, -0.15) is 0 Å². The third kappa shape index (κ3) is 4.57. The summed E-state index contributed by atoms with van der Waals surface area (Å²) in [7, 11) is 0. The molecule has 2 aromatic carbocycles. The van der Waals surface area contributed by atoms with Gasteiger partial charge in [0.25, 0.3) is 0 Å². The van der Waals surface area contributed by atoms with Crippen LogP contribution in [-0.2, 0) is 12.8 Å². The van der Waals surface area contributed by atoms with E-state index in [0.29, 0.717) is 5.82 Å². The van der Waals surface area contributed by atoms with Crippen LogP contribution < -0.4 is 5.73 Å². The Labute approximate surface area is 150 Å². The average molecular weight is 328 g/mol. The fourth-order valence-corrected chi connectivity index (χ4v) is 2.96. The number of nitrogens with two attached hydrogens (primary N) is 1. The minimum Gasteiger partial charge on any atom is -0.383 e. The second-order valence-corrected chi connectivity index (χ2v) is 6.47. The van der Waals surface area contributed by atoms with Crippen molar-refractivity contribution in [1.29, 1.82) is 0 Å². The molecule has 0 aliphatic rings. The number of nitrogens with zero attached hydrogens (tertiary/aromatic N) is 1. The summed E-state index contributed by atoms with van der Waals surface area (Å²) in [6.07, 6.45) is 2.81. The van der Waals surface area contributed by atoms with E-state index in [1.165, 1.54) is 16.7 Å². The maximum atomic E-state index is 6.01. The molecule has 3 rings (SSSR count). The number of rotatable bonds is 6. The average Bonchev–Trinajstić information content (AvgIpc) is 2.62. The Kier molecular flexibility index (Phi) is 5.30. The molecule has 1 aromatic heterocycles. The predicted octanol–water partition coefficient (Wildman–Crippen LogP) is 5.21. The van der Waals surface area contributed by atoms with Gasteiger partial charge in [0.1, 0.15) is 5.82 Å². The molecule has 0 aliphatic heterocycles. The van der Waals surface area contributed by atoms with E-state index in [9.17, 15) is 0 Å². The molecule has 0 saturated carbocycles. The Hall–Kier alpha value is -2.87. The first-order chi connectivity index (χ1) is 12.1. The highest BCUT2D eigenvalue weighted by atomic mass is 14.8. The predicted molar refractivity (Wildman–Crippen MR) is 106 cm³/mol. The molecule has 25 heavy (non-hydrogen) atoms. The van der Waals surface area contributed by atoms with Crippen LogP contribution in [0.25, 0.3) is 5.57 Å². The van der Waals surface area contributed by atoms with Crippen LogP contribution in [0.2, 0.25) is 0 Å². The number of nitrogen functional groups attached to an aromatic ring is 1. The van der Waals surface area contributed by atoms with Gasteiger partial charge in [-0.15, -0.1) is 0 Å². The molecule has 3 aromatic rings. The van der Waals surface area contributed by atoms with Crippen LogP contribution >= 0.6 is 0 Å². The van der Waals surface area contributed by atoms with Gasteiger partial charge in [-0.05, 0) is 60.6 Å². The highest BCUT2D eigenvalue weighted by Crippen LogP contribution is 2.23. The Bertz CT molecular complexity index is 849. The van der Waals surface area contributed by atoms with Crippen LogP contribution in [0.5, 0.6) is 0 Å². The number of allylic oxidation sites excluding steroid dienone is 1. The second kappa shape index (κ2) is 7.80. The first kappa shape index (κ1) is 17.0. The van der Waals surface area contributed by atoms with E-state index >= 15 is 0 Å². The van der Waals surface area contributed by atoms with E-state index in [-0.39, 0.29) is 0 Å². The largest absolute Gasteiger partial charge is 0.383 e. The molecule has 2 heteroatoms. The van der Waals surface area contributed by atoms with Gasteiger partial charge in [0.2, 0.25) is 0 Å². The summed E-state index contributed by atoms with van der Waals surface area (Å²) in [5, 5.41) is 0. The van der Waals surface area contributed by atoms with Crippen LogP contribution in [0.4, 0.5) is 5.82 Å². The molecule has 0 saturated heterocycles. The van der Waals surface area contributed by atoms with Gasteiger partial charge in [0.15, 0.2) is 0 Å². The summed E-state index contributed by atoms with van der Waals surface area (Å²) < 4.78 is 0. The zero-order valence-electron chi connectivity index (χ0n) is 14.7. The minimum atomic E-state index is 0.572. The highest BCUT2D eigenvalue weighted by molar-refractivity contribution is 5.71. The molecule has 0 radical (unpaired) electrons. The van der Waals surface area contributed by atoms with Gasteiger partial charge >= 0.3 is 0 Å². The van der Waals surface area contributed by atoms with E-state index in [1.54, 1.807) is 0 Å². The molecule has 2 N–H and O–H groups in total. The van der Waals surface area contributed by atoms with Crippen molar-refractivity contribution in [2.75, 3.05) is 5.73 Å². The topological polar surface area (TPSA) is 38.9 Å². The first-order valence-electron chi connectivity index (χ1n) is 8.65. The summed E-state index contributed by atoms with van der Waals surface area (Å²) in [5.74, 6) is 0.572. The minimum absolute atomic E-state index is 0.572. The summed E-state index contributed by atoms with van der Waals surface area (Å²) in [6.45, 7) is 6.13. The van der Waals surface area contributed by atoms with Crippen LogP contribution in [0.1, 0.15) is 34.4 Å². The number of aryl methyl sites for hydroxylation is 2. The third-order valence-electron chi connectivity index (χ3n) is 4.43. The number of hydrogen-bond donors (Lipinski definition) is 1. The molecular formula is C23H24N2. The lowest BCUT2D eigenvalue weighted by Gasteiger charge is -2.10. The zero-order valence-corrected chi connectivity index (χ0v) is 14.7. The van der Waals surface area contributed by atoms with Crippen LogP contribution in [-0.4, -0.2) is 4.98 Å². The Balaban J connectivity index is 1.59. The van der Waals surface area contributed by atoms with E-state index in [0.717, 1.165) is 36.1 Å². The molecule has 0 unspecified atom stereocenters. The summed E-state index contributed by atoms with van der Waals surface area (Å²) in [6, 6.07) is 23.4. The smallest absolute Gasteiger partial charge is 0.131 e. The SMILES string of the molecule is C=C(CCc1ccc(Cc2ccccc2)cc1)c1ccc(C)nc1N. The normalized spacial score (nSPS) is 10.6. The monoisotopic (exact) mass is 328 g/mol. The second-order valence-electron chi connectivity index (χ2n) is 6.47. The lowest BCUT2D eigenvalue weighted by Crippen LogP contribution is -1.99. The van der Waals surface area contributed by atoms with Crippen molar-refractivity contribution >= 4 is 11.4 Å². The quantitative estimate of drug-likeness (QED) is 0.674. The number of benzene rings is 2. The number of aromatic nitrogens is 1. The van der Waals surface area contributed by atoms with Gasteiger partial charge in [0.05, 0.1) is 0 Å². The standard InChI is InChI=1S/C23H24N2/c1-17(22-15-9-18(2)25-23(22)24)8-10-19-11-13-21(14-12-19)16-20-6-4-3-5-7-20/h3-7,9,11-15H,1,8,10,16H2,2H3,(H2,24,25). The maximum absolute atomic E-state index is 6.01. The Morgan fingerprint density at radius 3 is 2.20 bits per heavy atom. The fourth-order valence-electron chi connectivity index (χ4n) is 2.96. The molecular weight excluding hydrogens is 304 g/mol. The molecule has 0 amide bonds. The Morgan fingerprint density at radius 1 is 0.880 bits per heavy atom. The van der Waals surface area contributed by atoms with Crippen molar-refractivity contribution in [3.8, 4) is 0 Å². The number of hydrogen-bond acceptors (Lipinski definition) is 2. The number of anilines is 1. The summed E-state index contributed by atoms with van der Waals surface area (Å²) in [5.41, 5.74) is 12.9. The van der Waals surface area contributed by atoms with Crippen molar-refractivity contribution < 1.29 is 0 Å². The van der Waals surface area contributed by atoms with Gasteiger partial charge in [-0.1, -0.05) is 61.2 Å². The molecule has 2 nitrogen and oxygen atoms in total. The molecule has 0 aliphatic carbocycles. The highest BCUT2D eigenvalue weighted by Gasteiger charge is 2.06. The fraction of sp³-hybridized carbons (Fsp3) is 0.174. The third-order valence-corrected chi connectivity index (χ3v) is 4.43. The lowest BCUT2D eigenvalue weighted by atomic mass is 9.98. The Morgan fingerprint density at radius 2 is 1.52 bits per heavy atom. The molecule has 0 spiro atoms. The van der Waals surface area contributed by atoms with Crippen LogP contribution in [0.15, 0.2) is 73.3 Å². The van der Waals surface area contributed by atoms with Crippen molar-refractivity contribution in [2.45, 2.75) is 26.2 Å². The van der Waals surface area contributed by atoms with E-state index in [2.05, 4.69) is 66.2 Å². The van der Waals surface area contributed by atoms with Crippen LogP contribution in [0, 0.1) is 6.92 Å².